The molecule has 0 atom stereocenters. The average Bonchev–Trinajstić information content (AvgIpc) is 3.09. The summed E-state index contributed by atoms with van der Waals surface area (Å²) in [4.78, 5) is 19.0. The quantitative estimate of drug-likeness (QED) is 0.689. The highest BCUT2D eigenvalue weighted by molar-refractivity contribution is 7.17. The molecule has 6 nitrogen and oxygen atoms in total. The molecule has 0 unspecified atom stereocenters. The predicted molar refractivity (Wildman–Crippen MR) is 104 cm³/mol. The summed E-state index contributed by atoms with van der Waals surface area (Å²) in [6.45, 7) is 5.87. The maximum atomic E-state index is 12.4. The van der Waals surface area contributed by atoms with Gasteiger partial charge in [0.15, 0.2) is 16.5 Å². The van der Waals surface area contributed by atoms with E-state index in [0.717, 1.165) is 21.9 Å². The molecule has 0 aliphatic carbocycles. The Morgan fingerprint density at radius 1 is 1.19 bits per heavy atom. The van der Waals surface area contributed by atoms with Crippen molar-refractivity contribution < 1.29 is 14.3 Å². The SMILES string of the molecule is COc1cc(C)c(NC(=O)/C=C/c2c(C)nc3sc(C)cn23)cc1OC. The number of aromatic nitrogens is 2. The number of nitrogens with zero attached hydrogens (tertiary/aromatic N) is 2. The van der Waals surface area contributed by atoms with Gasteiger partial charge in [-0.05, 0) is 38.5 Å². The van der Waals surface area contributed by atoms with E-state index < -0.39 is 0 Å². The number of thiazole rings is 1. The number of amides is 1. The van der Waals surface area contributed by atoms with Crippen LogP contribution >= 0.6 is 11.3 Å². The maximum Gasteiger partial charge on any atom is 0.248 e. The standard InChI is InChI=1S/C19H21N3O3S/c1-11-8-16(24-4)17(25-5)9-14(11)21-18(23)7-6-15-13(3)20-19-22(15)10-12(2)26-19/h6-10H,1-5H3,(H,21,23)/b7-6+. The molecule has 26 heavy (non-hydrogen) atoms. The summed E-state index contributed by atoms with van der Waals surface area (Å²) in [5.74, 6) is 0.977. The lowest BCUT2D eigenvalue weighted by atomic mass is 10.1. The van der Waals surface area contributed by atoms with Gasteiger partial charge in [-0.3, -0.25) is 9.20 Å². The van der Waals surface area contributed by atoms with Gasteiger partial charge in [0.1, 0.15) is 0 Å². The van der Waals surface area contributed by atoms with E-state index in [0.29, 0.717) is 17.2 Å². The molecule has 7 heteroatoms. The molecule has 1 N–H and O–H groups in total. The highest BCUT2D eigenvalue weighted by Gasteiger charge is 2.11. The number of aryl methyl sites for hydroxylation is 3. The van der Waals surface area contributed by atoms with E-state index in [2.05, 4.69) is 10.3 Å². The Morgan fingerprint density at radius 2 is 1.88 bits per heavy atom. The van der Waals surface area contributed by atoms with Gasteiger partial charge >= 0.3 is 0 Å². The third-order valence-corrected chi connectivity index (χ3v) is 4.94. The van der Waals surface area contributed by atoms with Gasteiger partial charge in [0, 0.05) is 28.9 Å². The van der Waals surface area contributed by atoms with E-state index in [1.807, 2.05) is 37.4 Å². The predicted octanol–water partition coefficient (Wildman–Crippen LogP) is 3.99. The summed E-state index contributed by atoms with van der Waals surface area (Å²) in [7, 11) is 3.15. The van der Waals surface area contributed by atoms with Gasteiger partial charge in [0.05, 0.1) is 25.6 Å². The monoisotopic (exact) mass is 371 g/mol. The summed E-state index contributed by atoms with van der Waals surface area (Å²) in [5.41, 5.74) is 3.37. The van der Waals surface area contributed by atoms with Crippen LogP contribution < -0.4 is 14.8 Å². The molecule has 0 aliphatic heterocycles. The largest absolute Gasteiger partial charge is 0.493 e. The van der Waals surface area contributed by atoms with E-state index in [4.69, 9.17) is 9.47 Å². The Morgan fingerprint density at radius 3 is 2.58 bits per heavy atom. The average molecular weight is 371 g/mol. The zero-order valence-corrected chi connectivity index (χ0v) is 16.2. The van der Waals surface area contributed by atoms with Crippen molar-refractivity contribution in [3.8, 4) is 11.5 Å². The van der Waals surface area contributed by atoms with Crippen molar-refractivity contribution in [3.05, 3.63) is 46.2 Å². The molecule has 3 rings (SSSR count). The van der Waals surface area contributed by atoms with Crippen LogP contribution in [0, 0.1) is 20.8 Å². The first-order valence-corrected chi connectivity index (χ1v) is 8.91. The second-order valence-corrected chi connectivity index (χ2v) is 7.13. The third-order valence-electron chi connectivity index (χ3n) is 4.04. The fraction of sp³-hybridized carbons (Fsp3) is 0.263. The zero-order chi connectivity index (χ0) is 18.8. The number of rotatable bonds is 5. The number of benzene rings is 1. The van der Waals surface area contributed by atoms with Crippen molar-refractivity contribution in [3.63, 3.8) is 0 Å². The summed E-state index contributed by atoms with van der Waals surface area (Å²) >= 11 is 1.63. The van der Waals surface area contributed by atoms with E-state index in [-0.39, 0.29) is 5.91 Å². The number of ether oxygens (including phenoxy) is 2. The van der Waals surface area contributed by atoms with Crippen molar-refractivity contribution in [1.29, 1.82) is 0 Å². The van der Waals surface area contributed by atoms with Crippen LogP contribution in [0.15, 0.2) is 24.4 Å². The van der Waals surface area contributed by atoms with Gasteiger partial charge in [0.25, 0.3) is 0 Å². The fourth-order valence-electron chi connectivity index (χ4n) is 2.73. The number of hydrogen-bond donors (Lipinski definition) is 1. The normalized spacial score (nSPS) is 11.3. The molecule has 136 valence electrons. The van der Waals surface area contributed by atoms with Crippen LogP contribution in [0.3, 0.4) is 0 Å². The highest BCUT2D eigenvalue weighted by atomic mass is 32.1. The van der Waals surface area contributed by atoms with Crippen molar-refractivity contribution in [2.75, 3.05) is 19.5 Å². The van der Waals surface area contributed by atoms with E-state index >= 15 is 0 Å². The van der Waals surface area contributed by atoms with Gasteiger partial charge < -0.3 is 14.8 Å². The second kappa shape index (κ2) is 7.21. The first-order valence-electron chi connectivity index (χ1n) is 8.09. The molecule has 2 aromatic heterocycles. The first-order chi connectivity index (χ1) is 12.4. The molecule has 2 heterocycles. The van der Waals surface area contributed by atoms with Crippen molar-refractivity contribution >= 4 is 34.0 Å². The Balaban J connectivity index is 1.82. The number of fused-ring (bicyclic) bond motifs is 1. The van der Waals surface area contributed by atoms with Crippen molar-refractivity contribution in [2.45, 2.75) is 20.8 Å². The van der Waals surface area contributed by atoms with Gasteiger partial charge in [-0.2, -0.15) is 0 Å². The molecular weight excluding hydrogens is 350 g/mol. The summed E-state index contributed by atoms with van der Waals surface area (Å²) in [6, 6.07) is 3.58. The van der Waals surface area contributed by atoms with Crippen LogP contribution in [-0.4, -0.2) is 29.5 Å². The lowest BCUT2D eigenvalue weighted by molar-refractivity contribution is -0.111. The highest BCUT2D eigenvalue weighted by Crippen LogP contribution is 2.32. The summed E-state index contributed by atoms with van der Waals surface area (Å²) in [5, 5.41) is 2.88. The minimum atomic E-state index is -0.221. The van der Waals surface area contributed by atoms with Gasteiger partial charge in [-0.25, -0.2) is 4.98 Å². The van der Waals surface area contributed by atoms with E-state index in [9.17, 15) is 4.79 Å². The molecule has 0 saturated carbocycles. The zero-order valence-electron chi connectivity index (χ0n) is 15.4. The number of nitrogens with one attached hydrogen (secondary N) is 1. The molecule has 1 amide bonds. The fourth-order valence-corrected chi connectivity index (χ4v) is 3.60. The molecule has 3 aromatic rings. The lowest BCUT2D eigenvalue weighted by Gasteiger charge is -2.12. The minimum absolute atomic E-state index is 0.221. The summed E-state index contributed by atoms with van der Waals surface area (Å²) in [6.07, 6.45) is 5.32. The smallest absolute Gasteiger partial charge is 0.248 e. The molecule has 0 saturated heterocycles. The number of methoxy groups -OCH3 is 2. The minimum Gasteiger partial charge on any atom is -0.493 e. The van der Waals surface area contributed by atoms with Crippen LogP contribution in [0.25, 0.3) is 11.0 Å². The van der Waals surface area contributed by atoms with Gasteiger partial charge in [-0.1, -0.05) is 0 Å². The Labute approximate surface area is 156 Å². The van der Waals surface area contributed by atoms with E-state index in [1.54, 1.807) is 37.7 Å². The van der Waals surface area contributed by atoms with Crippen LogP contribution in [0.2, 0.25) is 0 Å². The Kier molecular flexibility index (Phi) is 4.99. The van der Waals surface area contributed by atoms with E-state index in [1.165, 1.54) is 11.0 Å². The second-order valence-electron chi connectivity index (χ2n) is 5.92. The van der Waals surface area contributed by atoms with Crippen LogP contribution in [0.1, 0.15) is 21.8 Å². The number of imidazole rings is 1. The van der Waals surface area contributed by atoms with Crippen LogP contribution in [0.5, 0.6) is 11.5 Å². The third kappa shape index (κ3) is 3.43. The first kappa shape index (κ1) is 18.0. The Hall–Kier alpha value is -2.80. The van der Waals surface area contributed by atoms with Gasteiger partial charge in [0.2, 0.25) is 5.91 Å². The van der Waals surface area contributed by atoms with Gasteiger partial charge in [-0.15, -0.1) is 11.3 Å². The number of carbonyl (C=O) groups is 1. The number of hydrogen-bond acceptors (Lipinski definition) is 5. The maximum absolute atomic E-state index is 12.4. The molecule has 0 aliphatic rings. The Bertz CT molecular complexity index is 1000. The topological polar surface area (TPSA) is 64.9 Å². The molecular formula is C19H21N3O3S. The molecule has 0 fully saturated rings. The van der Waals surface area contributed by atoms with Crippen LogP contribution in [0.4, 0.5) is 5.69 Å². The van der Waals surface area contributed by atoms with Crippen molar-refractivity contribution in [2.24, 2.45) is 0 Å². The molecule has 1 aromatic carbocycles. The summed E-state index contributed by atoms with van der Waals surface area (Å²) < 4.78 is 12.6. The molecule has 0 radical (unpaired) electrons. The number of anilines is 1. The number of carbonyl (C=O) groups excluding carboxylic acids is 1. The molecule has 0 spiro atoms. The molecule has 0 bridgehead atoms. The lowest BCUT2D eigenvalue weighted by Crippen LogP contribution is -2.09. The van der Waals surface area contributed by atoms with Crippen LogP contribution in [-0.2, 0) is 4.79 Å². The van der Waals surface area contributed by atoms with Crippen molar-refractivity contribution in [1.82, 2.24) is 9.38 Å².